The van der Waals surface area contributed by atoms with Crippen LogP contribution >= 0.6 is 15.9 Å². The summed E-state index contributed by atoms with van der Waals surface area (Å²) in [5.41, 5.74) is 3.95. The quantitative estimate of drug-likeness (QED) is 0.724. The molecule has 1 aliphatic heterocycles. The molecule has 2 aromatic carbocycles. The Labute approximate surface area is 161 Å². The van der Waals surface area contributed by atoms with Gasteiger partial charge in [0.15, 0.2) is 0 Å². The summed E-state index contributed by atoms with van der Waals surface area (Å²) in [4.78, 5) is 37.8. The van der Waals surface area contributed by atoms with Crippen molar-refractivity contribution in [3.63, 3.8) is 0 Å². The first kappa shape index (κ1) is 19.0. The summed E-state index contributed by atoms with van der Waals surface area (Å²) in [6.07, 6.45) is -0.0359. The minimum Gasteiger partial charge on any atom is -0.312 e. The van der Waals surface area contributed by atoms with Gasteiger partial charge in [-0.1, -0.05) is 22.0 Å². The maximum absolute atomic E-state index is 13.6. The average molecular weight is 438 g/mol. The van der Waals surface area contributed by atoms with Gasteiger partial charge in [0, 0.05) is 23.1 Å². The lowest BCUT2D eigenvalue weighted by molar-refractivity contribution is -0.126. The molecule has 0 unspecified atom stereocenters. The van der Waals surface area contributed by atoms with Gasteiger partial charge < -0.3 is 4.90 Å². The van der Waals surface area contributed by atoms with E-state index in [1.165, 1.54) is 4.90 Å². The molecular formula is C18H14BrF2N3O3. The molecule has 2 aromatic rings. The molecule has 0 spiro atoms. The van der Waals surface area contributed by atoms with Gasteiger partial charge in [0.25, 0.3) is 5.91 Å². The standard InChI is InChI=1S/C18H14BrF2N3O3/c19-11-4-6-12(7-5-11)24-9-10(8-15(24)25)17(26)22-23-18(27)16-13(20)2-1-3-14(16)21/h1-7,10H,8-9H2,(H,22,26)(H,23,27)/t10-/m0/s1. The smallest absolute Gasteiger partial charge is 0.275 e. The van der Waals surface area contributed by atoms with E-state index in [-0.39, 0.29) is 18.9 Å². The number of nitrogens with zero attached hydrogens (tertiary/aromatic N) is 1. The Bertz CT molecular complexity index is 885. The van der Waals surface area contributed by atoms with Crippen molar-refractivity contribution in [2.45, 2.75) is 6.42 Å². The lowest BCUT2D eigenvalue weighted by Crippen LogP contribution is -2.45. The fraction of sp³-hybridized carbons (Fsp3) is 0.167. The first-order valence-corrected chi connectivity index (χ1v) is 8.76. The van der Waals surface area contributed by atoms with Crippen molar-refractivity contribution in [3.8, 4) is 0 Å². The Kier molecular flexibility index (Phi) is 5.50. The molecule has 0 aromatic heterocycles. The predicted molar refractivity (Wildman–Crippen MR) is 96.6 cm³/mol. The lowest BCUT2D eigenvalue weighted by Gasteiger charge is -2.17. The molecule has 3 amide bonds. The molecule has 27 heavy (non-hydrogen) atoms. The number of hydrogen-bond acceptors (Lipinski definition) is 3. The van der Waals surface area contributed by atoms with Crippen LogP contribution in [-0.2, 0) is 9.59 Å². The summed E-state index contributed by atoms with van der Waals surface area (Å²) in [6, 6.07) is 10.0. The fourth-order valence-electron chi connectivity index (χ4n) is 2.75. The number of benzene rings is 2. The lowest BCUT2D eigenvalue weighted by atomic mass is 10.1. The number of hydrazine groups is 1. The number of hydrogen-bond donors (Lipinski definition) is 2. The first-order valence-electron chi connectivity index (χ1n) is 7.97. The minimum atomic E-state index is -1.12. The van der Waals surface area contributed by atoms with E-state index in [1.54, 1.807) is 24.3 Å². The van der Waals surface area contributed by atoms with Crippen LogP contribution < -0.4 is 15.8 Å². The van der Waals surface area contributed by atoms with E-state index in [4.69, 9.17) is 0 Å². The number of carbonyl (C=O) groups is 3. The van der Waals surface area contributed by atoms with Crippen LogP contribution in [0.1, 0.15) is 16.8 Å². The van der Waals surface area contributed by atoms with Crippen molar-refractivity contribution in [2.24, 2.45) is 5.92 Å². The second kappa shape index (κ2) is 7.83. The van der Waals surface area contributed by atoms with Crippen molar-refractivity contribution >= 4 is 39.3 Å². The second-order valence-electron chi connectivity index (χ2n) is 5.92. The molecule has 1 fully saturated rings. The highest BCUT2D eigenvalue weighted by molar-refractivity contribution is 9.10. The minimum absolute atomic E-state index is 0.0359. The fourth-order valence-corrected chi connectivity index (χ4v) is 3.02. The van der Waals surface area contributed by atoms with E-state index >= 15 is 0 Å². The molecular weight excluding hydrogens is 424 g/mol. The molecule has 2 N–H and O–H groups in total. The van der Waals surface area contributed by atoms with Gasteiger partial charge in [-0.15, -0.1) is 0 Å². The summed E-state index contributed by atoms with van der Waals surface area (Å²) >= 11 is 3.31. The Morgan fingerprint density at radius 3 is 2.30 bits per heavy atom. The number of rotatable bonds is 3. The molecule has 6 nitrogen and oxygen atoms in total. The number of carbonyl (C=O) groups excluding carboxylic acids is 3. The topological polar surface area (TPSA) is 78.5 Å². The Morgan fingerprint density at radius 1 is 1.04 bits per heavy atom. The zero-order valence-electron chi connectivity index (χ0n) is 13.8. The van der Waals surface area contributed by atoms with E-state index in [1.807, 2.05) is 5.43 Å². The van der Waals surface area contributed by atoms with E-state index in [9.17, 15) is 23.2 Å². The van der Waals surface area contributed by atoms with Crippen LogP contribution in [0.4, 0.5) is 14.5 Å². The number of anilines is 1. The molecule has 0 aliphatic carbocycles. The van der Waals surface area contributed by atoms with Gasteiger partial charge in [-0.2, -0.15) is 0 Å². The Hall–Kier alpha value is -2.81. The predicted octanol–water partition coefficient (Wildman–Crippen LogP) is 2.54. The van der Waals surface area contributed by atoms with Gasteiger partial charge in [-0.25, -0.2) is 8.78 Å². The van der Waals surface area contributed by atoms with E-state index < -0.39 is 34.9 Å². The molecule has 3 rings (SSSR count). The monoisotopic (exact) mass is 437 g/mol. The Balaban J connectivity index is 1.61. The van der Waals surface area contributed by atoms with Gasteiger partial charge in [0.05, 0.1) is 5.92 Å². The zero-order valence-corrected chi connectivity index (χ0v) is 15.4. The average Bonchev–Trinajstić information content (AvgIpc) is 3.02. The van der Waals surface area contributed by atoms with Gasteiger partial charge in [-0.05, 0) is 36.4 Å². The largest absolute Gasteiger partial charge is 0.312 e. The molecule has 140 valence electrons. The third-order valence-electron chi connectivity index (χ3n) is 4.12. The van der Waals surface area contributed by atoms with Gasteiger partial charge >= 0.3 is 0 Å². The number of amides is 3. The third-order valence-corrected chi connectivity index (χ3v) is 4.65. The number of halogens is 3. The van der Waals surface area contributed by atoms with E-state index in [2.05, 4.69) is 21.4 Å². The summed E-state index contributed by atoms with van der Waals surface area (Å²) in [6.45, 7) is 0.135. The van der Waals surface area contributed by atoms with E-state index in [0.717, 1.165) is 22.7 Å². The van der Waals surface area contributed by atoms with Crippen LogP contribution in [-0.4, -0.2) is 24.3 Å². The van der Waals surface area contributed by atoms with Crippen molar-refractivity contribution in [1.82, 2.24) is 10.9 Å². The third kappa shape index (κ3) is 4.13. The van der Waals surface area contributed by atoms with Gasteiger partial charge in [0.1, 0.15) is 17.2 Å². The molecule has 1 atom stereocenters. The van der Waals surface area contributed by atoms with Crippen LogP contribution in [0.2, 0.25) is 0 Å². The van der Waals surface area contributed by atoms with E-state index in [0.29, 0.717) is 5.69 Å². The van der Waals surface area contributed by atoms with Crippen molar-refractivity contribution in [3.05, 3.63) is 64.1 Å². The highest BCUT2D eigenvalue weighted by Gasteiger charge is 2.35. The van der Waals surface area contributed by atoms with Crippen LogP contribution in [0.3, 0.4) is 0 Å². The molecule has 0 bridgehead atoms. The van der Waals surface area contributed by atoms with Gasteiger partial charge in [-0.3, -0.25) is 25.2 Å². The molecule has 1 saturated heterocycles. The first-order chi connectivity index (χ1) is 12.9. The van der Waals surface area contributed by atoms with Crippen LogP contribution in [0, 0.1) is 17.6 Å². The van der Waals surface area contributed by atoms with Crippen molar-refractivity contribution < 1.29 is 23.2 Å². The molecule has 1 aliphatic rings. The maximum atomic E-state index is 13.6. The summed E-state index contributed by atoms with van der Waals surface area (Å²) < 4.78 is 28.0. The molecule has 0 saturated carbocycles. The summed E-state index contributed by atoms with van der Waals surface area (Å²) in [7, 11) is 0. The molecule has 1 heterocycles. The summed E-state index contributed by atoms with van der Waals surface area (Å²) in [5.74, 6) is -4.75. The normalized spacial score (nSPS) is 16.3. The number of nitrogens with one attached hydrogen (secondary N) is 2. The van der Waals surface area contributed by atoms with Crippen molar-refractivity contribution in [2.75, 3.05) is 11.4 Å². The van der Waals surface area contributed by atoms with Crippen LogP contribution in [0.15, 0.2) is 46.9 Å². The zero-order chi connectivity index (χ0) is 19.6. The SMILES string of the molecule is O=C(NNC(=O)[C@H]1CC(=O)N(c2ccc(Br)cc2)C1)c1c(F)cccc1F. The maximum Gasteiger partial charge on any atom is 0.275 e. The van der Waals surface area contributed by atoms with Gasteiger partial charge in [0.2, 0.25) is 11.8 Å². The molecule has 0 radical (unpaired) electrons. The summed E-state index contributed by atoms with van der Waals surface area (Å²) in [5, 5.41) is 0. The highest BCUT2D eigenvalue weighted by Crippen LogP contribution is 2.26. The van der Waals surface area contributed by atoms with Crippen LogP contribution in [0.25, 0.3) is 0 Å². The van der Waals surface area contributed by atoms with Crippen LogP contribution in [0.5, 0.6) is 0 Å². The second-order valence-corrected chi connectivity index (χ2v) is 6.84. The Morgan fingerprint density at radius 2 is 1.67 bits per heavy atom. The van der Waals surface area contributed by atoms with Crippen molar-refractivity contribution in [1.29, 1.82) is 0 Å². The molecule has 9 heteroatoms. The highest BCUT2D eigenvalue weighted by atomic mass is 79.9.